The molecule has 0 aromatic carbocycles. The Morgan fingerprint density at radius 3 is 2.84 bits per heavy atom. The number of anilines is 1. The Bertz CT molecular complexity index is 526. The second-order valence-corrected chi connectivity index (χ2v) is 5.31. The fraction of sp³-hybridized carbons (Fsp3) is 0.429. The van der Waals surface area contributed by atoms with E-state index < -0.39 is 0 Å². The lowest BCUT2D eigenvalue weighted by Crippen LogP contribution is -2.07. The number of hydrogen-bond donors (Lipinski definition) is 1. The first-order chi connectivity index (χ1) is 9.20. The molecule has 2 rings (SSSR count). The normalized spacial score (nSPS) is 10.7. The van der Waals surface area contributed by atoms with Gasteiger partial charge in [0.1, 0.15) is 22.4 Å². The molecule has 102 valence electrons. The number of rotatable bonds is 6. The standard InChI is InChI=1S/C14H19N3OS/c1-4-7-15-13-10(2)14(17-11(3)16-13)19-9-12-6-5-8-18-12/h5-6,8H,4,7,9H2,1-3H3,(H,15,16,17). The molecule has 0 aliphatic heterocycles. The zero-order valence-corrected chi connectivity index (χ0v) is 12.4. The summed E-state index contributed by atoms with van der Waals surface area (Å²) in [5, 5.41) is 4.37. The molecule has 0 aliphatic carbocycles. The molecule has 0 unspecified atom stereocenters. The molecule has 0 fully saturated rings. The third-order valence-electron chi connectivity index (χ3n) is 2.69. The van der Waals surface area contributed by atoms with Crippen LogP contribution in [0.2, 0.25) is 0 Å². The molecule has 0 radical (unpaired) electrons. The second kappa shape index (κ2) is 6.61. The van der Waals surface area contributed by atoms with Gasteiger partial charge in [0.25, 0.3) is 0 Å². The Labute approximate surface area is 118 Å². The van der Waals surface area contributed by atoms with Crippen molar-refractivity contribution in [2.24, 2.45) is 0 Å². The average Bonchev–Trinajstić information content (AvgIpc) is 2.91. The molecule has 0 aliphatic rings. The summed E-state index contributed by atoms with van der Waals surface area (Å²) >= 11 is 1.68. The van der Waals surface area contributed by atoms with Crippen LogP contribution in [0.15, 0.2) is 27.8 Å². The van der Waals surface area contributed by atoms with Gasteiger partial charge in [-0.2, -0.15) is 0 Å². The van der Waals surface area contributed by atoms with Gasteiger partial charge in [0.05, 0.1) is 12.0 Å². The van der Waals surface area contributed by atoms with E-state index in [4.69, 9.17) is 4.42 Å². The molecule has 2 heterocycles. The SMILES string of the molecule is CCCNc1nc(C)nc(SCc2ccco2)c1C. The topological polar surface area (TPSA) is 51.0 Å². The van der Waals surface area contributed by atoms with Crippen LogP contribution in [0.1, 0.15) is 30.5 Å². The van der Waals surface area contributed by atoms with E-state index in [1.807, 2.05) is 19.1 Å². The third-order valence-corrected chi connectivity index (χ3v) is 3.79. The van der Waals surface area contributed by atoms with Gasteiger partial charge in [-0.1, -0.05) is 18.7 Å². The fourth-order valence-corrected chi connectivity index (χ4v) is 2.65. The van der Waals surface area contributed by atoms with Crippen LogP contribution in [0.5, 0.6) is 0 Å². The van der Waals surface area contributed by atoms with Crippen molar-refractivity contribution < 1.29 is 4.42 Å². The van der Waals surface area contributed by atoms with E-state index in [1.54, 1.807) is 18.0 Å². The quantitative estimate of drug-likeness (QED) is 0.643. The number of nitrogens with one attached hydrogen (secondary N) is 1. The molecule has 0 saturated heterocycles. The van der Waals surface area contributed by atoms with Gasteiger partial charge >= 0.3 is 0 Å². The number of aryl methyl sites for hydroxylation is 1. The first kappa shape index (κ1) is 13.9. The van der Waals surface area contributed by atoms with E-state index in [0.29, 0.717) is 0 Å². The average molecular weight is 277 g/mol. The minimum absolute atomic E-state index is 0.789. The number of thioether (sulfide) groups is 1. The zero-order valence-electron chi connectivity index (χ0n) is 11.6. The molecule has 0 atom stereocenters. The van der Waals surface area contributed by atoms with Gasteiger partial charge in [0.2, 0.25) is 0 Å². The fourth-order valence-electron chi connectivity index (χ4n) is 1.69. The third kappa shape index (κ3) is 3.73. The molecular formula is C14H19N3OS. The van der Waals surface area contributed by atoms with Crippen LogP contribution in [0.3, 0.4) is 0 Å². The highest BCUT2D eigenvalue weighted by Gasteiger charge is 2.10. The number of aromatic nitrogens is 2. The summed E-state index contributed by atoms with van der Waals surface area (Å²) in [6, 6.07) is 3.88. The van der Waals surface area contributed by atoms with E-state index >= 15 is 0 Å². The van der Waals surface area contributed by atoms with Gasteiger partial charge in [-0.3, -0.25) is 0 Å². The van der Waals surface area contributed by atoms with E-state index in [2.05, 4.69) is 29.1 Å². The van der Waals surface area contributed by atoms with E-state index in [1.165, 1.54) is 0 Å². The van der Waals surface area contributed by atoms with Gasteiger partial charge in [0, 0.05) is 12.1 Å². The number of hydrogen-bond acceptors (Lipinski definition) is 5. The van der Waals surface area contributed by atoms with Gasteiger partial charge in [-0.25, -0.2) is 9.97 Å². The van der Waals surface area contributed by atoms with Crippen molar-refractivity contribution in [2.45, 2.75) is 38.0 Å². The molecule has 19 heavy (non-hydrogen) atoms. The van der Waals surface area contributed by atoms with E-state index in [-0.39, 0.29) is 0 Å². The Hall–Kier alpha value is -1.49. The highest BCUT2D eigenvalue weighted by Crippen LogP contribution is 2.27. The minimum atomic E-state index is 0.789. The molecular weight excluding hydrogens is 258 g/mol. The molecule has 0 spiro atoms. The Kier molecular flexibility index (Phi) is 4.85. The van der Waals surface area contributed by atoms with Gasteiger partial charge in [-0.15, -0.1) is 0 Å². The monoisotopic (exact) mass is 277 g/mol. The summed E-state index contributed by atoms with van der Waals surface area (Å²) in [7, 11) is 0. The predicted octanol–water partition coefficient (Wildman–Crippen LogP) is 3.80. The second-order valence-electron chi connectivity index (χ2n) is 4.34. The van der Waals surface area contributed by atoms with Crippen LogP contribution in [0.25, 0.3) is 0 Å². The lowest BCUT2D eigenvalue weighted by Gasteiger charge is -2.11. The highest BCUT2D eigenvalue weighted by molar-refractivity contribution is 7.98. The van der Waals surface area contributed by atoms with Gasteiger partial charge < -0.3 is 9.73 Å². The summed E-state index contributed by atoms with van der Waals surface area (Å²) < 4.78 is 5.34. The van der Waals surface area contributed by atoms with Crippen LogP contribution in [-0.2, 0) is 5.75 Å². The Morgan fingerprint density at radius 2 is 2.16 bits per heavy atom. The molecule has 4 nitrogen and oxygen atoms in total. The van der Waals surface area contributed by atoms with Crippen molar-refractivity contribution in [1.29, 1.82) is 0 Å². The molecule has 2 aromatic rings. The summed E-state index contributed by atoms with van der Waals surface area (Å²) in [4.78, 5) is 8.97. The van der Waals surface area contributed by atoms with Crippen LogP contribution >= 0.6 is 11.8 Å². The number of nitrogens with zero attached hydrogens (tertiary/aromatic N) is 2. The van der Waals surface area contributed by atoms with Crippen LogP contribution in [0.4, 0.5) is 5.82 Å². The molecule has 2 aromatic heterocycles. The summed E-state index contributed by atoms with van der Waals surface area (Å²) in [6.45, 7) is 7.05. The summed E-state index contributed by atoms with van der Waals surface area (Å²) in [6.07, 6.45) is 2.78. The molecule has 0 bridgehead atoms. The Balaban J connectivity index is 2.12. The van der Waals surface area contributed by atoms with Crippen molar-refractivity contribution in [1.82, 2.24) is 9.97 Å². The molecule has 1 N–H and O–H groups in total. The maximum atomic E-state index is 5.34. The van der Waals surface area contributed by atoms with Gasteiger partial charge in [-0.05, 0) is 32.4 Å². The molecule has 0 amide bonds. The van der Waals surface area contributed by atoms with Gasteiger partial charge in [0.15, 0.2) is 0 Å². The van der Waals surface area contributed by atoms with Crippen LogP contribution < -0.4 is 5.32 Å². The summed E-state index contributed by atoms with van der Waals surface area (Å²) in [5.41, 5.74) is 1.11. The lowest BCUT2D eigenvalue weighted by molar-refractivity contribution is 0.530. The van der Waals surface area contributed by atoms with Crippen molar-refractivity contribution in [3.8, 4) is 0 Å². The maximum Gasteiger partial charge on any atom is 0.133 e. The van der Waals surface area contributed by atoms with E-state index in [0.717, 1.165) is 46.7 Å². The van der Waals surface area contributed by atoms with Crippen LogP contribution in [-0.4, -0.2) is 16.5 Å². The largest absolute Gasteiger partial charge is 0.468 e. The van der Waals surface area contributed by atoms with Crippen molar-refractivity contribution >= 4 is 17.6 Å². The smallest absolute Gasteiger partial charge is 0.133 e. The highest BCUT2D eigenvalue weighted by atomic mass is 32.2. The van der Waals surface area contributed by atoms with Crippen molar-refractivity contribution in [2.75, 3.05) is 11.9 Å². The van der Waals surface area contributed by atoms with Crippen LogP contribution in [0, 0.1) is 13.8 Å². The first-order valence-electron chi connectivity index (χ1n) is 6.45. The van der Waals surface area contributed by atoms with Crippen molar-refractivity contribution in [3.05, 3.63) is 35.5 Å². The minimum Gasteiger partial charge on any atom is -0.468 e. The predicted molar refractivity (Wildman–Crippen MR) is 78.6 cm³/mol. The number of furan rings is 1. The molecule has 0 saturated carbocycles. The Morgan fingerprint density at radius 1 is 1.32 bits per heavy atom. The lowest BCUT2D eigenvalue weighted by atomic mass is 10.3. The first-order valence-corrected chi connectivity index (χ1v) is 7.43. The van der Waals surface area contributed by atoms with Crippen molar-refractivity contribution in [3.63, 3.8) is 0 Å². The maximum absolute atomic E-state index is 5.34. The zero-order chi connectivity index (χ0) is 13.7. The van der Waals surface area contributed by atoms with E-state index in [9.17, 15) is 0 Å². The molecule has 5 heteroatoms. The summed E-state index contributed by atoms with van der Waals surface area (Å²) in [5.74, 6) is 3.49.